The third kappa shape index (κ3) is 9.72. The SMILES string of the molecule is COC(=O)c1c(NC(=O)C(Sc2cccc(NC(=O)/C(=C\c3ccc(OC)cc3OC)NC(=O)c3ccccc3)c2)c2ccccc2)sc2c1CCN(C(C)=O)C2. The Labute approximate surface area is 338 Å². The van der Waals surface area contributed by atoms with Crippen LogP contribution in [0.5, 0.6) is 11.5 Å². The van der Waals surface area contributed by atoms with Gasteiger partial charge in [0, 0.05) is 46.1 Å². The lowest BCUT2D eigenvalue weighted by atomic mass is 10.0. The molecule has 0 radical (unpaired) electrons. The van der Waals surface area contributed by atoms with Gasteiger partial charge in [0.15, 0.2) is 0 Å². The number of hydrogen-bond acceptors (Lipinski definition) is 10. The molecule has 57 heavy (non-hydrogen) atoms. The molecule has 2 heterocycles. The molecule has 4 aromatic carbocycles. The van der Waals surface area contributed by atoms with E-state index in [0.29, 0.717) is 68.8 Å². The fourth-order valence-corrected chi connectivity index (χ4v) is 8.51. The molecule has 1 unspecified atom stereocenters. The number of ether oxygens (including phenoxy) is 3. The molecule has 1 aromatic heterocycles. The highest BCUT2D eigenvalue weighted by Gasteiger charge is 2.32. The smallest absolute Gasteiger partial charge is 0.341 e. The normalized spacial score (nSPS) is 12.8. The van der Waals surface area contributed by atoms with Gasteiger partial charge < -0.3 is 35.1 Å². The first-order chi connectivity index (χ1) is 27.6. The Morgan fingerprint density at radius 2 is 1.58 bits per heavy atom. The van der Waals surface area contributed by atoms with E-state index in [1.165, 1.54) is 57.4 Å². The molecule has 14 heteroatoms. The minimum atomic E-state index is -0.779. The first kappa shape index (κ1) is 40.3. The average Bonchev–Trinajstić information content (AvgIpc) is 3.59. The number of hydrogen-bond donors (Lipinski definition) is 3. The topological polar surface area (TPSA) is 152 Å². The lowest BCUT2D eigenvalue weighted by molar-refractivity contribution is -0.129. The number of nitrogens with zero attached hydrogens (tertiary/aromatic N) is 1. The highest BCUT2D eigenvalue weighted by Crippen LogP contribution is 2.41. The molecule has 1 aliphatic rings. The Balaban J connectivity index is 1.27. The second-order valence-electron chi connectivity index (χ2n) is 12.8. The molecule has 5 aromatic rings. The van der Waals surface area contributed by atoms with Crippen molar-refractivity contribution in [2.45, 2.75) is 30.0 Å². The van der Waals surface area contributed by atoms with Gasteiger partial charge in [-0.15, -0.1) is 23.1 Å². The van der Waals surface area contributed by atoms with Crippen LogP contribution in [-0.2, 0) is 32.1 Å². The van der Waals surface area contributed by atoms with E-state index in [9.17, 15) is 24.0 Å². The van der Waals surface area contributed by atoms with Crippen LogP contribution in [0.4, 0.5) is 10.7 Å². The first-order valence-corrected chi connectivity index (χ1v) is 19.5. The van der Waals surface area contributed by atoms with E-state index in [4.69, 9.17) is 14.2 Å². The molecule has 1 atom stereocenters. The molecule has 0 bridgehead atoms. The van der Waals surface area contributed by atoms with Crippen LogP contribution in [-0.4, -0.2) is 62.4 Å². The first-order valence-electron chi connectivity index (χ1n) is 17.8. The number of carbonyl (C=O) groups is 5. The fourth-order valence-electron chi connectivity index (χ4n) is 6.17. The van der Waals surface area contributed by atoms with Crippen LogP contribution in [0.3, 0.4) is 0 Å². The Bertz CT molecular complexity index is 2330. The van der Waals surface area contributed by atoms with Gasteiger partial charge in [-0.2, -0.15) is 0 Å². The summed E-state index contributed by atoms with van der Waals surface area (Å²) in [5.41, 5.74) is 3.03. The van der Waals surface area contributed by atoms with Crippen molar-refractivity contribution in [2.24, 2.45) is 0 Å². The fraction of sp³-hybridized carbons (Fsp3) is 0.186. The minimum Gasteiger partial charge on any atom is -0.497 e. The Morgan fingerprint density at radius 1 is 0.842 bits per heavy atom. The molecule has 1 aliphatic heterocycles. The van der Waals surface area contributed by atoms with Gasteiger partial charge >= 0.3 is 5.97 Å². The third-order valence-electron chi connectivity index (χ3n) is 9.08. The van der Waals surface area contributed by atoms with E-state index in [1.54, 1.807) is 71.6 Å². The zero-order valence-corrected chi connectivity index (χ0v) is 33.3. The molecule has 0 fully saturated rings. The summed E-state index contributed by atoms with van der Waals surface area (Å²) in [6.45, 7) is 2.30. The van der Waals surface area contributed by atoms with Crippen LogP contribution in [0.25, 0.3) is 6.08 Å². The summed E-state index contributed by atoms with van der Waals surface area (Å²) in [6, 6.07) is 29.8. The van der Waals surface area contributed by atoms with E-state index < -0.39 is 23.0 Å². The molecule has 12 nitrogen and oxygen atoms in total. The van der Waals surface area contributed by atoms with Gasteiger partial charge in [0.05, 0.1) is 33.4 Å². The number of anilines is 2. The van der Waals surface area contributed by atoms with Crippen molar-refractivity contribution in [1.82, 2.24) is 10.2 Å². The van der Waals surface area contributed by atoms with Gasteiger partial charge in [-0.25, -0.2) is 4.79 Å². The van der Waals surface area contributed by atoms with Gasteiger partial charge in [0.2, 0.25) is 11.8 Å². The summed E-state index contributed by atoms with van der Waals surface area (Å²) in [6.07, 6.45) is 1.98. The Hall–Kier alpha value is -6.38. The maximum atomic E-state index is 14.2. The minimum absolute atomic E-state index is 0.0432. The quantitative estimate of drug-likeness (QED) is 0.0631. The number of fused-ring (bicyclic) bond motifs is 1. The zero-order valence-electron chi connectivity index (χ0n) is 31.6. The van der Waals surface area contributed by atoms with Crippen LogP contribution < -0.4 is 25.4 Å². The molecule has 3 N–H and O–H groups in total. The van der Waals surface area contributed by atoms with Crippen molar-refractivity contribution in [2.75, 3.05) is 38.5 Å². The molecular weight excluding hydrogens is 765 g/mol. The third-order valence-corrected chi connectivity index (χ3v) is 11.5. The summed E-state index contributed by atoms with van der Waals surface area (Å²) in [7, 11) is 4.32. The van der Waals surface area contributed by atoms with Gasteiger partial charge in [0.25, 0.3) is 11.8 Å². The van der Waals surface area contributed by atoms with E-state index in [0.717, 1.165) is 10.4 Å². The largest absolute Gasteiger partial charge is 0.497 e. The Morgan fingerprint density at radius 3 is 2.26 bits per heavy atom. The second-order valence-corrected chi connectivity index (χ2v) is 15.0. The lowest BCUT2D eigenvalue weighted by Gasteiger charge is -2.25. The van der Waals surface area contributed by atoms with E-state index in [2.05, 4.69) is 16.0 Å². The van der Waals surface area contributed by atoms with Crippen LogP contribution in [0.1, 0.15) is 54.5 Å². The predicted molar refractivity (Wildman–Crippen MR) is 221 cm³/mol. The average molecular weight is 805 g/mol. The summed E-state index contributed by atoms with van der Waals surface area (Å²) in [5, 5.41) is 8.21. The number of nitrogens with one attached hydrogen (secondary N) is 3. The van der Waals surface area contributed by atoms with Crippen molar-refractivity contribution in [3.8, 4) is 11.5 Å². The number of thiophene rings is 1. The second kappa shape index (κ2) is 18.5. The molecule has 6 rings (SSSR count). The molecule has 0 aliphatic carbocycles. The van der Waals surface area contributed by atoms with Crippen molar-refractivity contribution in [3.63, 3.8) is 0 Å². The Kier molecular flexibility index (Phi) is 13.1. The van der Waals surface area contributed by atoms with Crippen molar-refractivity contribution >= 4 is 69.5 Å². The molecule has 0 saturated heterocycles. The lowest BCUT2D eigenvalue weighted by Crippen LogP contribution is -2.33. The summed E-state index contributed by atoms with van der Waals surface area (Å²) >= 11 is 2.52. The van der Waals surface area contributed by atoms with E-state index in [1.807, 2.05) is 36.4 Å². The molecule has 0 saturated carbocycles. The standard InChI is InChI=1S/C43H40N4O8S2/c1-26(48)47-21-20-33-36(25-47)57-42(37(33)43(52)55-4)46-41(51)38(27-12-7-5-8-13-27)56-32-17-11-16-30(23-32)44-40(50)34(45-39(49)28-14-9-6-10-15-28)22-29-18-19-31(53-2)24-35(29)54-3/h5-19,22-24,38H,20-21,25H2,1-4H3,(H,44,50)(H,45,49)(H,46,51)/b34-22+. The summed E-state index contributed by atoms with van der Waals surface area (Å²) in [5.74, 6) is -1.11. The van der Waals surface area contributed by atoms with Gasteiger partial charge in [0.1, 0.15) is 27.4 Å². The number of rotatable bonds is 13. The molecule has 4 amide bonds. The van der Waals surface area contributed by atoms with Crippen molar-refractivity contribution < 1.29 is 38.2 Å². The number of carbonyl (C=O) groups excluding carboxylic acids is 5. The monoisotopic (exact) mass is 804 g/mol. The maximum Gasteiger partial charge on any atom is 0.341 e. The molecular formula is C43H40N4O8S2. The number of thioether (sulfide) groups is 1. The van der Waals surface area contributed by atoms with Crippen LogP contribution in [0.15, 0.2) is 114 Å². The summed E-state index contributed by atoms with van der Waals surface area (Å²) < 4.78 is 16.0. The highest BCUT2D eigenvalue weighted by molar-refractivity contribution is 8.00. The van der Waals surface area contributed by atoms with E-state index in [-0.39, 0.29) is 17.5 Å². The predicted octanol–water partition coefficient (Wildman–Crippen LogP) is 7.34. The van der Waals surface area contributed by atoms with Crippen LogP contribution in [0, 0.1) is 0 Å². The number of amides is 4. The number of benzene rings is 4. The molecule has 0 spiro atoms. The van der Waals surface area contributed by atoms with Gasteiger partial charge in [-0.3, -0.25) is 19.2 Å². The summed E-state index contributed by atoms with van der Waals surface area (Å²) in [4.78, 5) is 69.8. The van der Waals surface area contributed by atoms with Crippen LogP contribution >= 0.6 is 23.1 Å². The van der Waals surface area contributed by atoms with Crippen molar-refractivity contribution in [1.29, 1.82) is 0 Å². The zero-order chi connectivity index (χ0) is 40.5. The number of esters is 1. The van der Waals surface area contributed by atoms with Gasteiger partial charge in [-0.05, 0) is 66.1 Å². The van der Waals surface area contributed by atoms with E-state index >= 15 is 0 Å². The highest BCUT2D eigenvalue weighted by atomic mass is 32.2. The van der Waals surface area contributed by atoms with Crippen molar-refractivity contribution in [3.05, 3.63) is 142 Å². The maximum absolute atomic E-state index is 14.2. The van der Waals surface area contributed by atoms with Crippen LogP contribution in [0.2, 0.25) is 0 Å². The number of methoxy groups -OCH3 is 3. The molecule has 292 valence electrons. The van der Waals surface area contributed by atoms with Gasteiger partial charge in [-0.1, -0.05) is 54.6 Å².